The van der Waals surface area contributed by atoms with Crippen LogP contribution in [-0.4, -0.2) is 19.6 Å². The number of nitrogens with one attached hydrogen (secondary N) is 2. The standard InChI is InChI=1S/C13H18F2N2/c1-9-2-3-11(14)13(12(9)15)17-8-10-4-6-16-7-5-10/h2-3,10,16-17H,4-8H2,1H3. The summed E-state index contributed by atoms with van der Waals surface area (Å²) in [7, 11) is 0. The third kappa shape index (κ3) is 2.94. The van der Waals surface area contributed by atoms with Crippen molar-refractivity contribution in [2.45, 2.75) is 19.8 Å². The van der Waals surface area contributed by atoms with E-state index in [1.807, 2.05) is 0 Å². The fourth-order valence-electron chi connectivity index (χ4n) is 2.15. The van der Waals surface area contributed by atoms with Gasteiger partial charge in [0.2, 0.25) is 0 Å². The molecule has 1 aromatic rings. The van der Waals surface area contributed by atoms with Crippen LogP contribution in [0.1, 0.15) is 18.4 Å². The number of piperidine rings is 1. The van der Waals surface area contributed by atoms with Crippen LogP contribution in [0, 0.1) is 24.5 Å². The van der Waals surface area contributed by atoms with E-state index in [4.69, 9.17) is 0 Å². The van der Waals surface area contributed by atoms with Crippen molar-refractivity contribution in [3.05, 3.63) is 29.3 Å². The minimum atomic E-state index is -0.512. The Balaban J connectivity index is 2.00. The van der Waals surface area contributed by atoms with Gasteiger partial charge < -0.3 is 10.6 Å². The van der Waals surface area contributed by atoms with Gasteiger partial charge >= 0.3 is 0 Å². The van der Waals surface area contributed by atoms with Crippen molar-refractivity contribution < 1.29 is 8.78 Å². The topological polar surface area (TPSA) is 24.1 Å². The summed E-state index contributed by atoms with van der Waals surface area (Å²) in [5.74, 6) is -0.489. The van der Waals surface area contributed by atoms with E-state index >= 15 is 0 Å². The molecule has 17 heavy (non-hydrogen) atoms. The van der Waals surface area contributed by atoms with E-state index in [-0.39, 0.29) is 5.69 Å². The Morgan fingerprint density at radius 1 is 1.29 bits per heavy atom. The molecule has 0 bridgehead atoms. The molecule has 1 fully saturated rings. The SMILES string of the molecule is Cc1ccc(F)c(NCC2CCNCC2)c1F. The maximum atomic E-state index is 13.7. The lowest BCUT2D eigenvalue weighted by atomic mass is 9.98. The molecule has 4 heteroatoms. The first-order valence-electron chi connectivity index (χ1n) is 6.07. The number of benzene rings is 1. The minimum Gasteiger partial charge on any atom is -0.380 e. The Morgan fingerprint density at radius 2 is 2.00 bits per heavy atom. The Morgan fingerprint density at radius 3 is 2.71 bits per heavy atom. The zero-order chi connectivity index (χ0) is 12.3. The average Bonchev–Trinajstić information content (AvgIpc) is 2.35. The van der Waals surface area contributed by atoms with Crippen molar-refractivity contribution in [2.24, 2.45) is 5.92 Å². The molecule has 2 nitrogen and oxygen atoms in total. The van der Waals surface area contributed by atoms with Gasteiger partial charge in [-0.25, -0.2) is 8.78 Å². The van der Waals surface area contributed by atoms with Crippen molar-refractivity contribution in [2.75, 3.05) is 25.0 Å². The number of rotatable bonds is 3. The molecule has 2 rings (SSSR count). The van der Waals surface area contributed by atoms with E-state index in [0.29, 0.717) is 18.0 Å². The molecular formula is C13H18F2N2. The van der Waals surface area contributed by atoms with Crippen LogP contribution < -0.4 is 10.6 Å². The lowest BCUT2D eigenvalue weighted by molar-refractivity contribution is 0.389. The van der Waals surface area contributed by atoms with E-state index in [2.05, 4.69) is 10.6 Å². The molecular weight excluding hydrogens is 222 g/mol. The number of halogens is 2. The molecule has 0 radical (unpaired) electrons. The first-order chi connectivity index (χ1) is 8.18. The van der Waals surface area contributed by atoms with Crippen LogP contribution in [0.3, 0.4) is 0 Å². The van der Waals surface area contributed by atoms with E-state index in [1.54, 1.807) is 6.92 Å². The number of anilines is 1. The second kappa shape index (κ2) is 5.45. The van der Waals surface area contributed by atoms with Gasteiger partial charge in [-0.2, -0.15) is 0 Å². The molecule has 2 N–H and O–H groups in total. The second-order valence-corrected chi connectivity index (χ2v) is 4.63. The van der Waals surface area contributed by atoms with Crippen LogP contribution in [0.4, 0.5) is 14.5 Å². The molecule has 1 heterocycles. The van der Waals surface area contributed by atoms with Crippen molar-refractivity contribution >= 4 is 5.69 Å². The van der Waals surface area contributed by atoms with Gasteiger partial charge in [-0.15, -0.1) is 0 Å². The lowest BCUT2D eigenvalue weighted by Crippen LogP contribution is -2.31. The third-order valence-corrected chi connectivity index (χ3v) is 3.31. The summed E-state index contributed by atoms with van der Waals surface area (Å²) in [4.78, 5) is 0. The minimum absolute atomic E-state index is 0.0172. The van der Waals surface area contributed by atoms with Crippen LogP contribution in [0.25, 0.3) is 0 Å². The Bertz CT molecular complexity index is 387. The summed E-state index contributed by atoms with van der Waals surface area (Å²) < 4.78 is 27.2. The Hall–Kier alpha value is -1.16. The summed E-state index contributed by atoms with van der Waals surface area (Å²) in [5, 5.41) is 6.18. The first-order valence-corrected chi connectivity index (χ1v) is 6.07. The lowest BCUT2D eigenvalue weighted by Gasteiger charge is -2.23. The normalized spacial score (nSPS) is 17.1. The highest BCUT2D eigenvalue weighted by molar-refractivity contribution is 5.48. The molecule has 0 atom stereocenters. The van der Waals surface area contributed by atoms with Gasteiger partial charge in [-0.1, -0.05) is 6.07 Å². The van der Waals surface area contributed by atoms with Crippen LogP contribution in [-0.2, 0) is 0 Å². The molecule has 1 aliphatic heterocycles. The first kappa shape index (κ1) is 12.3. The summed E-state index contributed by atoms with van der Waals surface area (Å²) in [6, 6.07) is 2.77. The monoisotopic (exact) mass is 240 g/mol. The van der Waals surface area contributed by atoms with E-state index in [1.165, 1.54) is 12.1 Å². The maximum absolute atomic E-state index is 13.7. The molecule has 0 saturated carbocycles. The number of aryl methyl sites for hydroxylation is 1. The van der Waals surface area contributed by atoms with E-state index < -0.39 is 11.6 Å². The number of hydrogen-bond acceptors (Lipinski definition) is 2. The van der Waals surface area contributed by atoms with Gasteiger partial charge in [0.15, 0.2) is 5.82 Å². The maximum Gasteiger partial charge on any atom is 0.152 e. The third-order valence-electron chi connectivity index (χ3n) is 3.31. The van der Waals surface area contributed by atoms with Gasteiger partial charge in [0.25, 0.3) is 0 Å². The molecule has 0 amide bonds. The van der Waals surface area contributed by atoms with Crippen molar-refractivity contribution in [1.82, 2.24) is 5.32 Å². The van der Waals surface area contributed by atoms with Gasteiger partial charge in [-0.05, 0) is 50.4 Å². The molecule has 1 saturated heterocycles. The summed E-state index contributed by atoms with van der Waals surface area (Å²) in [6.45, 7) is 4.26. The van der Waals surface area contributed by atoms with Crippen LogP contribution in [0.2, 0.25) is 0 Å². The van der Waals surface area contributed by atoms with E-state index in [9.17, 15) is 8.78 Å². The Labute approximate surface area is 100 Å². The number of hydrogen-bond donors (Lipinski definition) is 2. The molecule has 0 spiro atoms. The summed E-state index contributed by atoms with van der Waals surface area (Å²) >= 11 is 0. The van der Waals surface area contributed by atoms with Gasteiger partial charge in [0, 0.05) is 6.54 Å². The highest BCUT2D eigenvalue weighted by Crippen LogP contribution is 2.22. The van der Waals surface area contributed by atoms with Crippen molar-refractivity contribution in [1.29, 1.82) is 0 Å². The van der Waals surface area contributed by atoms with Crippen LogP contribution in [0.5, 0.6) is 0 Å². The highest BCUT2D eigenvalue weighted by atomic mass is 19.1. The smallest absolute Gasteiger partial charge is 0.152 e. The predicted molar refractivity (Wildman–Crippen MR) is 65.2 cm³/mol. The average molecular weight is 240 g/mol. The molecule has 1 aromatic carbocycles. The summed E-state index contributed by atoms with van der Waals surface area (Å²) in [6.07, 6.45) is 2.12. The molecule has 0 unspecified atom stereocenters. The van der Waals surface area contributed by atoms with Crippen LogP contribution in [0.15, 0.2) is 12.1 Å². The predicted octanol–water partition coefficient (Wildman–Crippen LogP) is 2.68. The summed E-state index contributed by atoms with van der Waals surface area (Å²) in [5.41, 5.74) is 0.489. The Kier molecular flexibility index (Phi) is 3.94. The van der Waals surface area contributed by atoms with Crippen LogP contribution >= 0.6 is 0 Å². The van der Waals surface area contributed by atoms with Crippen molar-refractivity contribution in [3.8, 4) is 0 Å². The van der Waals surface area contributed by atoms with Gasteiger partial charge in [0.05, 0.1) is 0 Å². The molecule has 0 aliphatic carbocycles. The van der Waals surface area contributed by atoms with Crippen molar-refractivity contribution in [3.63, 3.8) is 0 Å². The fourth-order valence-corrected chi connectivity index (χ4v) is 2.15. The quantitative estimate of drug-likeness (QED) is 0.848. The largest absolute Gasteiger partial charge is 0.380 e. The second-order valence-electron chi connectivity index (χ2n) is 4.63. The molecule has 0 aromatic heterocycles. The highest BCUT2D eigenvalue weighted by Gasteiger charge is 2.15. The van der Waals surface area contributed by atoms with Gasteiger partial charge in [-0.3, -0.25) is 0 Å². The zero-order valence-corrected chi connectivity index (χ0v) is 10.0. The van der Waals surface area contributed by atoms with Gasteiger partial charge in [0.1, 0.15) is 11.5 Å². The fraction of sp³-hybridized carbons (Fsp3) is 0.538. The zero-order valence-electron chi connectivity index (χ0n) is 10.0. The molecule has 94 valence electrons. The molecule has 1 aliphatic rings. The van der Waals surface area contributed by atoms with E-state index in [0.717, 1.165) is 25.9 Å².